The molecule has 1 aliphatic carbocycles. The molecule has 0 aromatic carbocycles. The van der Waals surface area contributed by atoms with Gasteiger partial charge in [0, 0.05) is 16.8 Å². The van der Waals surface area contributed by atoms with E-state index in [9.17, 15) is 0 Å². The van der Waals surface area contributed by atoms with Gasteiger partial charge in [0.05, 0.1) is 0 Å². The lowest BCUT2D eigenvalue weighted by molar-refractivity contribution is 0.453. The predicted molar refractivity (Wildman–Crippen MR) is 41.1 cm³/mol. The van der Waals surface area contributed by atoms with E-state index in [1.165, 1.54) is 0 Å². The van der Waals surface area contributed by atoms with Gasteiger partial charge >= 0.3 is 0 Å². The summed E-state index contributed by atoms with van der Waals surface area (Å²) in [7, 11) is 0. The molecule has 1 saturated carbocycles. The minimum absolute atomic E-state index is 0.205. The normalized spacial score (nSPS) is 45.0. The number of rotatable bonds is 0. The summed E-state index contributed by atoms with van der Waals surface area (Å²) in [5, 5.41) is 0.410. The molecule has 0 heterocycles. The van der Waals surface area contributed by atoms with Crippen LogP contribution in [0.5, 0.6) is 0 Å². The first kappa shape index (κ1) is 7.64. The van der Waals surface area contributed by atoms with Gasteiger partial charge in [-0.2, -0.15) is 0 Å². The van der Waals surface area contributed by atoms with Gasteiger partial charge in [0.25, 0.3) is 0 Å². The maximum atomic E-state index is 5.84. The first-order valence-corrected chi connectivity index (χ1v) is 4.09. The Morgan fingerprint density at radius 2 is 1.44 bits per heavy atom. The summed E-state index contributed by atoms with van der Waals surface area (Å²) in [5.41, 5.74) is 5.65. The molecular weight excluding hydrogens is 157 g/mol. The van der Waals surface area contributed by atoms with Crippen molar-refractivity contribution in [1.82, 2.24) is 0 Å². The molecule has 9 heavy (non-hydrogen) atoms. The Morgan fingerprint density at radius 3 is 1.78 bits per heavy atom. The van der Waals surface area contributed by atoms with Crippen molar-refractivity contribution < 1.29 is 0 Å². The summed E-state index contributed by atoms with van der Waals surface area (Å²) < 4.78 is 0. The van der Waals surface area contributed by atoms with Gasteiger partial charge in [-0.05, 0) is 19.3 Å². The smallest absolute Gasteiger partial charge is 0.0364 e. The summed E-state index contributed by atoms with van der Waals surface area (Å²) >= 11 is 11.7. The van der Waals surface area contributed by atoms with Gasteiger partial charge in [0.1, 0.15) is 0 Å². The van der Waals surface area contributed by atoms with Gasteiger partial charge in [-0.25, -0.2) is 0 Å². The van der Waals surface area contributed by atoms with Crippen LogP contribution in [0.2, 0.25) is 0 Å². The molecular formula is C6H11Cl2N. The van der Waals surface area contributed by atoms with E-state index < -0.39 is 0 Å². The number of alkyl halides is 2. The van der Waals surface area contributed by atoms with Crippen molar-refractivity contribution in [3.63, 3.8) is 0 Å². The molecule has 2 N–H and O–H groups in total. The number of hydrogen-bond acceptors (Lipinski definition) is 1. The van der Waals surface area contributed by atoms with Gasteiger partial charge in [-0.1, -0.05) is 0 Å². The molecule has 1 fully saturated rings. The van der Waals surface area contributed by atoms with Crippen molar-refractivity contribution in [2.45, 2.75) is 36.1 Å². The van der Waals surface area contributed by atoms with Gasteiger partial charge in [-0.3, -0.25) is 0 Å². The molecule has 0 saturated heterocycles. The lowest BCUT2D eigenvalue weighted by atomic mass is 9.95. The van der Waals surface area contributed by atoms with Gasteiger partial charge in [-0.15, -0.1) is 23.2 Å². The average molecular weight is 168 g/mol. The molecule has 54 valence electrons. The van der Waals surface area contributed by atoms with Crippen LogP contribution < -0.4 is 5.73 Å². The van der Waals surface area contributed by atoms with Crippen LogP contribution in [0, 0.1) is 0 Å². The molecule has 0 aromatic rings. The standard InChI is InChI=1S/C6H11Cl2N/c7-4-1-5(8)3-6(9)2-4/h4-6H,1-3,9H2. The molecule has 0 radical (unpaired) electrons. The number of nitrogens with two attached hydrogens (primary N) is 1. The monoisotopic (exact) mass is 167 g/mol. The third-order valence-electron chi connectivity index (χ3n) is 1.63. The molecule has 0 amide bonds. The zero-order valence-electron chi connectivity index (χ0n) is 5.19. The van der Waals surface area contributed by atoms with Crippen LogP contribution in [0.4, 0.5) is 0 Å². The largest absolute Gasteiger partial charge is 0.328 e. The molecule has 2 atom stereocenters. The molecule has 0 spiro atoms. The molecule has 0 aliphatic heterocycles. The summed E-state index contributed by atoms with van der Waals surface area (Å²) in [4.78, 5) is 0. The van der Waals surface area contributed by atoms with E-state index in [0.29, 0.717) is 0 Å². The van der Waals surface area contributed by atoms with E-state index in [2.05, 4.69) is 0 Å². The maximum Gasteiger partial charge on any atom is 0.0364 e. The lowest BCUT2D eigenvalue weighted by Gasteiger charge is -2.25. The van der Waals surface area contributed by atoms with Crippen LogP contribution in [-0.2, 0) is 0 Å². The Hall–Kier alpha value is 0.540. The molecule has 3 heteroatoms. The summed E-state index contributed by atoms with van der Waals surface area (Å²) in [6, 6.07) is 0.226. The summed E-state index contributed by atoms with van der Waals surface area (Å²) in [6.45, 7) is 0. The second-order valence-corrected chi connectivity index (χ2v) is 3.90. The average Bonchev–Trinajstić information content (AvgIpc) is 1.59. The number of hydrogen-bond donors (Lipinski definition) is 1. The fraction of sp³-hybridized carbons (Fsp3) is 1.00. The van der Waals surface area contributed by atoms with E-state index >= 15 is 0 Å². The Bertz CT molecular complexity index is 72.0. The Balaban J connectivity index is 2.34. The third kappa shape index (κ3) is 2.32. The van der Waals surface area contributed by atoms with Gasteiger partial charge in [0.15, 0.2) is 0 Å². The van der Waals surface area contributed by atoms with Crippen LogP contribution in [0.1, 0.15) is 19.3 Å². The summed E-state index contributed by atoms with van der Waals surface area (Å²) in [5.74, 6) is 0. The van der Waals surface area contributed by atoms with Crippen LogP contribution in [0.3, 0.4) is 0 Å². The highest BCUT2D eigenvalue weighted by Crippen LogP contribution is 2.25. The Morgan fingerprint density at radius 1 is 1.00 bits per heavy atom. The molecule has 0 bridgehead atoms. The highest BCUT2D eigenvalue weighted by Gasteiger charge is 2.23. The van der Waals surface area contributed by atoms with Crippen LogP contribution in [-0.4, -0.2) is 16.8 Å². The molecule has 1 rings (SSSR count). The fourth-order valence-corrected chi connectivity index (χ4v) is 2.20. The highest BCUT2D eigenvalue weighted by atomic mass is 35.5. The zero-order chi connectivity index (χ0) is 6.85. The minimum Gasteiger partial charge on any atom is -0.328 e. The van der Waals surface area contributed by atoms with E-state index in [-0.39, 0.29) is 16.8 Å². The van der Waals surface area contributed by atoms with Crippen molar-refractivity contribution >= 4 is 23.2 Å². The van der Waals surface area contributed by atoms with E-state index in [1.54, 1.807) is 0 Å². The van der Waals surface area contributed by atoms with Crippen LogP contribution in [0.15, 0.2) is 0 Å². The fourth-order valence-electron chi connectivity index (χ4n) is 1.22. The molecule has 0 aromatic heterocycles. The van der Waals surface area contributed by atoms with E-state index in [0.717, 1.165) is 19.3 Å². The SMILES string of the molecule is NC1CC(Cl)CC(Cl)C1. The Labute approximate surface area is 65.5 Å². The van der Waals surface area contributed by atoms with Crippen molar-refractivity contribution in [3.8, 4) is 0 Å². The predicted octanol–water partition coefficient (Wildman–Crippen LogP) is 1.71. The third-order valence-corrected chi connectivity index (χ3v) is 2.34. The number of halogens is 2. The van der Waals surface area contributed by atoms with Crippen molar-refractivity contribution in [3.05, 3.63) is 0 Å². The quantitative estimate of drug-likeness (QED) is 0.547. The molecule has 1 nitrogen and oxygen atoms in total. The zero-order valence-corrected chi connectivity index (χ0v) is 6.70. The van der Waals surface area contributed by atoms with Gasteiger partial charge in [0.2, 0.25) is 0 Å². The van der Waals surface area contributed by atoms with Crippen molar-refractivity contribution in [2.24, 2.45) is 5.73 Å². The second kappa shape index (κ2) is 3.09. The molecule has 2 unspecified atom stereocenters. The van der Waals surface area contributed by atoms with Crippen molar-refractivity contribution in [2.75, 3.05) is 0 Å². The lowest BCUT2D eigenvalue weighted by Crippen LogP contribution is -2.33. The minimum atomic E-state index is 0.205. The second-order valence-electron chi connectivity index (χ2n) is 2.66. The van der Waals surface area contributed by atoms with Crippen molar-refractivity contribution in [1.29, 1.82) is 0 Å². The first-order valence-electron chi connectivity index (χ1n) is 3.22. The topological polar surface area (TPSA) is 26.0 Å². The van der Waals surface area contributed by atoms with Crippen LogP contribution >= 0.6 is 23.2 Å². The summed E-state index contributed by atoms with van der Waals surface area (Å²) in [6.07, 6.45) is 2.76. The highest BCUT2D eigenvalue weighted by molar-refractivity contribution is 6.23. The molecule has 1 aliphatic rings. The van der Waals surface area contributed by atoms with E-state index in [1.807, 2.05) is 0 Å². The maximum absolute atomic E-state index is 5.84. The Kier molecular flexibility index (Phi) is 2.62. The first-order chi connectivity index (χ1) is 4.18. The van der Waals surface area contributed by atoms with E-state index in [4.69, 9.17) is 28.9 Å². The van der Waals surface area contributed by atoms with Crippen LogP contribution in [0.25, 0.3) is 0 Å². The van der Waals surface area contributed by atoms with Gasteiger partial charge < -0.3 is 5.73 Å².